The normalized spacial score (nSPS) is 27.9. The second-order valence-corrected chi connectivity index (χ2v) is 3.08. The van der Waals surface area contributed by atoms with Crippen LogP contribution in [0.5, 0.6) is 0 Å². The lowest BCUT2D eigenvalue weighted by Gasteiger charge is -2.21. The third kappa shape index (κ3) is 2.19. The number of rotatable bonds is 1. The maximum absolute atomic E-state index is 10.9. The van der Waals surface area contributed by atoms with Crippen LogP contribution in [0.15, 0.2) is 0 Å². The molecule has 1 saturated heterocycles. The zero-order chi connectivity index (χ0) is 8.27. The third-order valence-corrected chi connectivity index (χ3v) is 2.19. The monoisotopic (exact) mass is 155 g/mol. The standard InChI is InChI=1S/C8H15N2O/c1-10-6-4-2-3-5-7(10)8(9)11/h7H,1-6H2,(H2,9,11). The molecule has 0 aromatic heterocycles. The summed E-state index contributed by atoms with van der Waals surface area (Å²) in [6.07, 6.45) is 4.29. The van der Waals surface area contributed by atoms with Crippen molar-refractivity contribution in [2.24, 2.45) is 5.73 Å². The van der Waals surface area contributed by atoms with Crippen LogP contribution in [0.3, 0.4) is 0 Å². The minimum Gasteiger partial charge on any atom is -0.368 e. The van der Waals surface area contributed by atoms with Crippen molar-refractivity contribution < 1.29 is 4.79 Å². The Labute approximate surface area is 67.5 Å². The van der Waals surface area contributed by atoms with E-state index in [9.17, 15) is 4.79 Å². The Kier molecular flexibility index (Phi) is 2.88. The number of likely N-dealkylation sites (tertiary alicyclic amines) is 1. The van der Waals surface area contributed by atoms with Gasteiger partial charge in [0.25, 0.3) is 0 Å². The van der Waals surface area contributed by atoms with Gasteiger partial charge in [-0.1, -0.05) is 12.8 Å². The second kappa shape index (κ2) is 3.72. The van der Waals surface area contributed by atoms with Gasteiger partial charge in [0, 0.05) is 7.05 Å². The van der Waals surface area contributed by atoms with Crippen molar-refractivity contribution in [2.45, 2.75) is 31.7 Å². The molecule has 0 saturated carbocycles. The summed E-state index contributed by atoms with van der Waals surface area (Å²) >= 11 is 0. The number of nitrogens with zero attached hydrogens (tertiary/aromatic N) is 1. The number of hydrogen-bond acceptors (Lipinski definition) is 2. The Morgan fingerprint density at radius 1 is 1.45 bits per heavy atom. The molecule has 1 heterocycles. The molecule has 0 bridgehead atoms. The first kappa shape index (κ1) is 8.53. The molecule has 11 heavy (non-hydrogen) atoms. The van der Waals surface area contributed by atoms with Gasteiger partial charge in [0.2, 0.25) is 5.91 Å². The van der Waals surface area contributed by atoms with E-state index < -0.39 is 0 Å². The fraction of sp³-hybridized carbons (Fsp3) is 0.750. The molecular formula is C8H15N2O. The van der Waals surface area contributed by atoms with E-state index >= 15 is 0 Å². The number of carbonyl (C=O) groups excluding carboxylic acids is 1. The molecule has 1 fully saturated rings. The van der Waals surface area contributed by atoms with Crippen LogP contribution in [-0.4, -0.2) is 23.4 Å². The fourth-order valence-electron chi connectivity index (χ4n) is 1.49. The first-order chi connectivity index (χ1) is 5.22. The lowest BCUT2D eigenvalue weighted by atomic mass is 10.1. The van der Waals surface area contributed by atoms with E-state index in [1.165, 1.54) is 6.42 Å². The summed E-state index contributed by atoms with van der Waals surface area (Å²) in [6.45, 7) is 0.896. The van der Waals surface area contributed by atoms with E-state index in [4.69, 9.17) is 5.73 Å². The summed E-state index contributed by atoms with van der Waals surface area (Å²) in [6, 6.07) is -0.127. The molecule has 0 aromatic rings. The van der Waals surface area contributed by atoms with Crippen molar-refractivity contribution in [3.8, 4) is 0 Å². The van der Waals surface area contributed by atoms with Crippen LogP contribution in [0.25, 0.3) is 0 Å². The van der Waals surface area contributed by atoms with Crippen molar-refractivity contribution in [1.82, 2.24) is 4.90 Å². The summed E-state index contributed by atoms with van der Waals surface area (Å²) in [5.74, 6) is -0.234. The van der Waals surface area contributed by atoms with Gasteiger partial charge in [0.1, 0.15) is 0 Å². The molecular weight excluding hydrogens is 140 g/mol. The first-order valence-corrected chi connectivity index (χ1v) is 4.08. The predicted molar refractivity (Wildman–Crippen MR) is 43.5 cm³/mol. The summed E-state index contributed by atoms with van der Waals surface area (Å²) in [5.41, 5.74) is 5.21. The zero-order valence-corrected chi connectivity index (χ0v) is 6.75. The van der Waals surface area contributed by atoms with E-state index in [1.807, 2.05) is 4.90 Å². The Bertz CT molecular complexity index is 147. The quantitative estimate of drug-likeness (QED) is 0.599. The van der Waals surface area contributed by atoms with E-state index in [2.05, 4.69) is 7.05 Å². The van der Waals surface area contributed by atoms with Gasteiger partial charge >= 0.3 is 0 Å². The second-order valence-electron chi connectivity index (χ2n) is 3.08. The smallest absolute Gasteiger partial charge is 0.234 e. The maximum atomic E-state index is 10.9. The van der Waals surface area contributed by atoms with E-state index in [-0.39, 0.29) is 11.9 Å². The summed E-state index contributed by atoms with van der Waals surface area (Å²) in [7, 11) is 3.79. The number of primary amides is 1. The van der Waals surface area contributed by atoms with Gasteiger partial charge in [-0.3, -0.25) is 9.69 Å². The van der Waals surface area contributed by atoms with Gasteiger partial charge in [-0.25, -0.2) is 0 Å². The topological polar surface area (TPSA) is 46.3 Å². The van der Waals surface area contributed by atoms with Crippen molar-refractivity contribution in [3.63, 3.8) is 0 Å². The molecule has 1 unspecified atom stereocenters. The van der Waals surface area contributed by atoms with Gasteiger partial charge in [-0.15, -0.1) is 0 Å². The Morgan fingerprint density at radius 2 is 2.18 bits per heavy atom. The van der Waals surface area contributed by atoms with E-state index in [0.717, 1.165) is 25.8 Å². The molecule has 1 aliphatic heterocycles. The average molecular weight is 155 g/mol. The van der Waals surface area contributed by atoms with Crippen LogP contribution in [0, 0.1) is 7.05 Å². The molecule has 1 amide bonds. The van der Waals surface area contributed by atoms with Crippen LogP contribution in [0.2, 0.25) is 0 Å². The Balaban J connectivity index is 2.52. The van der Waals surface area contributed by atoms with Crippen molar-refractivity contribution in [1.29, 1.82) is 0 Å². The van der Waals surface area contributed by atoms with Crippen LogP contribution in [0.4, 0.5) is 0 Å². The highest BCUT2D eigenvalue weighted by Gasteiger charge is 2.21. The van der Waals surface area contributed by atoms with Crippen LogP contribution >= 0.6 is 0 Å². The van der Waals surface area contributed by atoms with Crippen LogP contribution in [0.1, 0.15) is 25.7 Å². The van der Waals surface area contributed by atoms with Gasteiger partial charge in [-0.05, 0) is 19.4 Å². The summed E-state index contributed by atoms with van der Waals surface area (Å²) in [5, 5.41) is 0. The van der Waals surface area contributed by atoms with Gasteiger partial charge in [-0.2, -0.15) is 0 Å². The highest BCUT2D eigenvalue weighted by Crippen LogP contribution is 2.14. The van der Waals surface area contributed by atoms with Gasteiger partial charge < -0.3 is 5.73 Å². The highest BCUT2D eigenvalue weighted by molar-refractivity contribution is 5.79. The molecule has 1 rings (SSSR count). The lowest BCUT2D eigenvalue weighted by molar-refractivity contribution is -0.122. The van der Waals surface area contributed by atoms with Gasteiger partial charge in [0.15, 0.2) is 0 Å². The lowest BCUT2D eigenvalue weighted by Crippen LogP contribution is -2.40. The fourth-order valence-corrected chi connectivity index (χ4v) is 1.49. The van der Waals surface area contributed by atoms with Crippen molar-refractivity contribution >= 4 is 5.91 Å². The van der Waals surface area contributed by atoms with E-state index in [1.54, 1.807) is 0 Å². The van der Waals surface area contributed by atoms with Crippen molar-refractivity contribution in [2.75, 3.05) is 6.54 Å². The molecule has 63 valence electrons. The number of carbonyl (C=O) groups is 1. The minimum absolute atomic E-state index is 0.127. The first-order valence-electron chi connectivity index (χ1n) is 4.08. The van der Waals surface area contributed by atoms with E-state index in [0.29, 0.717) is 0 Å². The zero-order valence-electron chi connectivity index (χ0n) is 6.75. The molecule has 2 N–H and O–H groups in total. The summed E-state index contributed by atoms with van der Waals surface area (Å²) < 4.78 is 0. The third-order valence-electron chi connectivity index (χ3n) is 2.19. The van der Waals surface area contributed by atoms with Crippen molar-refractivity contribution in [3.05, 3.63) is 7.05 Å². The average Bonchev–Trinajstić information content (AvgIpc) is 2.13. The molecule has 0 aromatic carbocycles. The predicted octanol–water partition coefficient (Wildman–Crippen LogP) is 0.508. The maximum Gasteiger partial charge on any atom is 0.234 e. The van der Waals surface area contributed by atoms with Gasteiger partial charge in [0.05, 0.1) is 6.04 Å². The largest absolute Gasteiger partial charge is 0.368 e. The number of nitrogens with two attached hydrogens (primary N) is 1. The molecule has 1 atom stereocenters. The summed E-state index contributed by atoms with van der Waals surface area (Å²) in [4.78, 5) is 12.7. The van der Waals surface area contributed by atoms with Crippen LogP contribution in [-0.2, 0) is 4.79 Å². The molecule has 0 spiro atoms. The minimum atomic E-state index is -0.234. The molecule has 1 aliphatic rings. The molecule has 0 aliphatic carbocycles. The molecule has 3 heteroatoms. The highest BCUT2D eigenvalue weighted by atomic mass is 16.1. The Morgan fingerprint density at radius 3 is 2.82 bits per heavy atom. The van der Waals surface area contributed by atoms with Crippen LogP contribution < -0.4 is 5.73 Å². The molecule has 1 radical (unpaired) electrons. The Hall–Kier alpha value is -0.570. The molecule has 3 nitrogen and oxygen atoms in total. The number of amides is 1. The number of hydrogen-bond donors (Lipinski definition) is 1. The SMILES string of the molecule is [CH2]N1CCCCCC1C(N)=O.